The molecule has 4 aromatic rings. The molecule has 152 valence electrons. The highest BCUT2D eigenvalue weighted by atomic mass is 35.5. The maximum Gasteiger partial charge on any atom is 0.230 e. The van der Waals surface area contributed by atoms with Crippen molar-refractivity contribution in [1.82, 2.24) is 25.1 Å². The lowest BCUT2D eigenvalue weighted by Gasteiger charge is -2.07. The maximum absolute atomic E-state index is 12.2. The number of thioether (sulfide) groups is 1. The normalized spacial score (nSPS) is 10.9. The van der Waals surface area contributed by atoms with E-state index < -0.39 is 0 Å². The molecule has 0 saturated carbocycles. The molecule has 1 N–H and O–H groups in total. The molecule has 0 atom stereocenters. The summed E-state index contributed by atoms with van der Waals surface area (Å²) in [5.74, 6) is 0.853. The number of carbonyl (C=O) groups excluding carboxylic acids is 1. The van der Waals surface area contributed by atoms with Crippen LogP contribution in [0.25, 0.3) is 16.9 Å². The van der Waals surface area contributed by atoms with Gasteiger partial charge in [-0.2, -0.15) is 9.61 Å². The van der Waals surface area contributed by atoms with Gasteiger partial charge in [-0.15, -0.1) is 10.2 Å². The van der Waals surface area contributed by atoms with Crippen molar-refractivity contribution < 1.29 is 9.53 Å². The molecule has 1 amide bonds. The van der Waals surface area contributed by atoms with Gasteiger partial charge in [0.25, 0.3) is 0 Å². The summed E-state index contributed by atoms with van der Waals surface area (Å²) < 4.78 is 6.84. The number of hydrogen-bond donors (Lipinski definition) is 1. The Bertz CT molecular complexity index is 1180. The molecule has 2 aromatic carbocycles. The van der Waals surface area contributed by atoms with Gasteiger partial charge >= 0.3 is 0 Å². The van der Waals surface area contributed by atoms with E-state index in [-0.39, 0.29) is 11.7 Å². The fraction of sp³-hybridized carbons (Fsp3) is 0.143. The van der Waals surface area contributed by atoms with E-state index in [0.717, 1.165) is 22.6 Å². The van der Waals surface area contributed by atoms with E-state index in [1.807, 2.05) is 54.6 Å². The number of amides is 1. The van der Waals surface area contributed by atoms with Gasteiger partial charge in [0.2, 0.25) is 11.1 Å². The third-order valence-electron chi connectivity index (χ3n) is 4.39. The minimum atomic E-state index is -0.122. The number of methoxy groups -OCH3 is 1. The van der Waals surface area contributed by atoms with Crippen LogP contribution in [0.1, 0.15) is 5.56 Å². The highest BCUT2D eigenvalue weighted by molar-refractivity contribution is 7.99. The van der Waals surface area contributed by atoms with Gasteiger partial charge in [-0.05, 0) is 48.0 Å². The fourth-order valence-electron chi connectivity index (χ4n) is 2.79. The van der Waals surface area contributed by atoms with Gasteiger partial charge in [0.1, 0.15) is 5.75 Å². The zero-order valence-electron chi connectivity index (χ0n) is 16.1. The largest absolute Gasteiger partial charge is 0.497 e. The molecule has 7 nitrogen and oxygen atoms in total. The average molecular weight is 440 g/mol. The van der Waals surface area contributed by atoms with Crippen molar-refractivity contribution in [1.29, 1.82) is 0 Å². The second-order valence-electron chi connectivity index (χ2n) is 6.36. The van der Waals surface area contributed by atoms with E-state index in [1.165, 1.54) is 11.8 Å². The molecule has 9 heteroatoms. The number of halogens is 1. The van der Waals surface area contributed by atoms with E-state index in [2.05, 4.69) is 20.6 Å². The topological polar surface area (TPSA) is 81.4 Å². The Hall–Kier alpha value is -3.10. The fourth-order valence-corrected chi connectivity index (χ4v) is 3.71. The molecule has 0 radical (unpaired) electrons. The summed E-state index contributed by atoms with van der Waals surface area (Å²) in [6.45, 7) is 0.375. The minimum absolute atomic E-state index is 0.122. The van der Waals surface area contributed by atoms with Crippen molar-refractivity contribution >= 4 is 34.9 Å². The second kappa shape index (κ2) is 9.15. The van der Waals surface area contributed by atoms with Gasteiger partial charge in [0, 0.05) is 17.1 Å². The van der Waals surface area contributed by atoms with Crippen molar-refractivity contribution in [2.45, 2.75) is 11.7 Å². The van der Waals surface area contributed by atoms with Gasteiger partial charge in [0.15, 0.2) is 5.65 Å². The Kier molecular flexibility index (Phi) is 6.15. The van der Waals surface area contributed by atoms with E-state index in [0.29, 0.717) is 22.4 Å². The number of aromatic nitrogens is 4. The van der Waals surface area contributed by atoms with Gasteiger partial charge in [-0.1, -0.05) is 41.6 Å². The molecule has 0 aliphatic heterocycles. The molecule has 2 heterocycles. The molecule has 0 bridgehead atoms. The van der Waals surface area contributed by atoms with Gasteiger partial charge in [-0.25, -0.2) is 0 Å². The first-order valence-corrected chi connectivity index (χ1v) is 10.5. The molecule has 0 spiro atoms. The third kappa shape index (κ3) is 4.55. The molecule has 0 saturated heterocycles. The Balaban J connectivity index is 1.43. The van der Waals surface area contributed by atoms with Crippen LogP contribution in [0.5, 0.6) is 5.75 Å². The summed E-state index contributed by atoms with van der Waals surface area (Å²) in [6.07, 6.45) is 0. The summed E-state index contributed by atoms with van der Waals surface area (Å²) in [5, 5.41) is 16.9. The molecule has 0 unspecified atom stereocenters. The number of rotatable bonds is 7. The third-order valence-corrected chi connectivity index (χ3v) is 5.67. The Morgan fingerprint density at radius 3 is 2.67 bits per heavy atom. The quantitative estimate of drug-likeness (QED) is 0.440. The summed E-state index contributed by atoms with van der Waals surface area (Å²) in [5.41, 5.74) is 3.21. The highest BCUT2D eigenvalue weighted by Gasteiger charge is 2.12. The van der Waals surface area contributed by atoms with Crippen molar-refractivity contribution in [3.05, 3.63) is 71.2 Å². The summed E-state index contributed by atoms with van der Waals surface area (Å²) in [6, 6.07) is 18.8. The summed E-state index contributed by atoms with van der Waals surface area (Å²) >= 11 is 7.40. The lowest BCUT2D eigenvalue weighted by Crippen LogP contribution is -2.24. The van der Waals surface area contributed by atoms with Crippen LogP contribution >= 0.6 is 23.4 Å². The molecule has 4 rings (SSSR count). The zero-order valence-corrected chi connectivity index (χ0v) is 17.7. The average Bonchev–Trinajstić information content (AvgIpc) is 3.19. The molecular weight excluding hydrogens is 422 g/mol. The number of nitrogens with zero attached hydrogens (tertiary/aromatic N) is 4. The lowest BCUT2D eigenvalue weighted by atomic mass is 10.1. The van der Waals surface area contributed by atoms with E-state index >= 15 is 0 Å². The first kappa shape index (κ1) is 20.2. The first-order valence-electron chi connectivity index (χ1n) is 9.14. The van der Waals surface area contributed by atoms with Gasteiger partial charge in [-0.3, -0.25) is 4.79 Å². The first-order chi connectivity index (χ1) is 14.6. The predicted molar refractivity (Wildman–Crippen MR) is 117 cm³/mol. The number of hydrogen-bond acceptors (Lipinski definition) is 6. The number of benzene rings is 2. The molecule has 30 heavy (non-hydrogen) atoms. The molecule has 0 fully saturated rings. The van der Waals surface area contributed by atoms with Crippen LogP contribution in [0, 0.1) is 0 Å². The van der Waals surface area contributed by atoms with E-state index in [9.17, 15) is 4.79 Å². The second-order valence-corrected chi connectivity index (χ2v) is 7.71. The van der Waals surface area contributed by atoms with Crippen LogP contribution in [-0.2, 0) is 11.3 Å². The van der Waals surface area contributed by atoms with Crippen molar-refractivity contribution in [3.63, 3.8) is 0 Å². The van der Waals surface area contributed by atoms with Gasteiger partial charge in [0.05, 0.1) is 18.6 Å². The Labute approximate surface area is 182 Å². The van der Waals surface area contributed by atoms with Crippen LogP contribution in [-0.4, -0.2) is 38.6 Å². The van der Waals surface area contributed by atoms with Crippen LogP contribution in [0.2, 0.25) is 5.02 Å². The summed E-state index contributed by atoms with van der Waals surface area (Å²) in [7, 11) is 1.63. The van der Waals surface area contributed by atoms with Crippen LogP contribution in [0.15, 0.2) is 65.8 Å². The van der Waals surface area contributed by atoms with Gasteiger partial charge < -0.3 is 10.1 Å². The number of nitrogens with one attached hydrogen (secondary N) is 1. The van der Waals surface area contributed by atoms with E-state index in [4.69, 9.17) is 16.3 Å². The monoisotopic (exact) mass is 439 g/mol. The molecule has 0 aliphatic rings. The number of ether oxygens (including phenoxy) is 1. The van der Waals surface area contributed by atoms with Crippen LogP contribution in [0.4, 0.5) is 0 Å². The number of carbonyl (C=O) groups is 1. The zero-order chi connectivity index (χ0) is 20.9. The smallest absolute Gasteiger partial charge is 0.230 e. The van der Waals surface area contributed by atoms with Crippen LogP contribution < -0.4 is 10.1 Å². The molecule has 0 aliphatic carbocycles. The highest BCUT2D eigenvalue weighted by Crippen LogP contribution is 2.23. The SMILES string of the molecule is COc1ccc(-c2ccc3nnc(SCC(=O)NCc4ccccc4Cl)n3n2)cc1. The van der Waals surface area contributed by atoms with Crippen LogP contribution in [0.3, 0.4) is 0 Å². The van der Waals surface area contributed by atoms with E-state index in [1.54, 1.807) is 17.7 Å². The lowest BCUT2D eigenvalue weighted by molar-refractivity contribution is -0.118. The molecular formula is C21H18ClN5O2S. The minimum Gasteiger partial charge on any atom is -0.497 e. The standard InChI is InChI=1S/C21H18ClN5O2S/c1-29-16-8-6-14(7-9-16)18-10-11-19-24-25-21(27(19)26-18)30-13-20(28)23-12-15-4-2-3-5-17(15)22/h2-11H,12-13H2,1H3,(H,23,28). The van der Waals surface area contributed by atoms with Crippen molar-refractivity contribution in [2.24, 2.45) is 0 Å². The summed E-state index contributed by atoms with van der Waals surface area (Å²) in [4.78, 5) is 12.2. The Morgan fingerprint density at radius 2 is 1.90 bits per heavy atom. The van der Waals surface area contributed by atoms with Crippen molar-refractivity contribution in [2.75, 3.05) is 12.9 Å². The number of fused-ring (bicyclic) bond motifs is 1. The molecule has 2 aromatic heterocycles. The maximum atomic E-state index is 12.2. The predicted octanol–water partition coefficient (Wildman–Crippen LogP) is 3.86. The van der Waals surface area contributed by atoms with Crippen molar-refractivity contribution in [3.8, 4) is 17.0 Å². The Morgan fingerprint density at radius 1 is 1.10 bits per heavy atom.